The first-order chi connectivity index (χ1) is 6.63. The minimum Gasteiger partial charge on any atom is -0.271 e. The van der Waals surface area contributed by atoms with Gasteiger partial charge in [0.1, 0.15) is 0 Å². The lowest BCUT2D eigenvalue weighted by Gasteiger charge is -2.17. The zero-order valence-electron chi connectivity index (χ0n) is 8.50. The molecule has 0 bridgehead atoms. The van der Waals surface area contributed by atoms with E-state index in [0.29, 0.717) is 10.9 Å². The van der Waals surface area contributed by atoms with Gasteiger partial charge in [0.2, 0.25) is 0 Å². The van der Waals surface area contributed by atoms with Crippen LogP contribution in [0.4, 0.5) is 0 Å². The highest BCUT2D eigenvalue weighted by atomic mass is 35.5. The van der Waals surface area contributed by atoms with Crippen LogP contribution in [0.2, 0.25) is 5.02 Å². The Kier molecular flexibility index (Phi) is 4.32. The van der Waals surface area contributed by atoms with Crippen molar-refractivity contribution < 1.29 is 0 Å². The Morgan fingerprint density at radius 1 is 1.50 bits per heavy atom. The number of nitrogens with two attached hydrogens (primary N) is 1. The van der Waals surface area contributed by atoms with Gasteiger partial charge in [-0.1, -0.05) is 25.4 Å². The van der Waals surface area contributed by atoms with Crippen molar-refractivity contribution in [2.75, 3.05) is 0 Å². The van der Waals surface area contributed by atoms with Gasteiger partial charge in [-0.15, -0.1) is 0 Å². The van der Waals surface area contributed by atoms with E-state index in [1.54, 1.807) is 6.20 Å². The molecular weight excluding hydrogens is 198 g/mol. The summed E-state index contributed by atoms with van der Waals surface area (Å²) in [5, 5.41) is 0.647. The summed E-state index contributed by atoms with van der Waals surface area (Å²) in [6, 6.07) is 3.83. The van der Waals surface area contributed by atoms with Crippen LogP contribution in [0.25, 0.3) is 0 Å². The molecule has 0 saturated heterocycles. The number of pyridine rings is 1. The Hall–Kier alpha value is -0.640. The summed E-state index contributed by atoms with van der Waals surface area (Å²) in [5.41, 5.74) is 3.70. The first kappa shape index (κ1) is 11.4. The monoisotopic (exact) mass is 213 g/mol. The highest BCUT2D eigenvalue weighted by molar-refractivity contribution is 6.30. The highest BCUT2D eigenvalue weighted by Gasteiger charge is 2.12. The lowest BCUT2D eigenvalue weighted by molar-refractivity contribution is 0.430. The predicted molar refractivity (Wildman–Crippen MR) is 58.8 cm³/mol. The molecule has 4 heteroatoms. The second-order valence-electron chi connectivity index (χ2n) is 3.75. The van der Waals surface area contributed by atoms with Gasteiger partial charge in [0, 0.05) is 6.20 Å². The van der Waals surface area contributed by atoms with Crippen molar-refractivity contribution in [1.82, 2.24) is 10.4 Å². The number of aromatic nitrogens is 1. The van der Waals surface area contributed by atoms with Gasteiger partial charge in [-0.3, -0.25) is 16.3 Å². The van der Waals surface area contributed by atoms with E-state index < -0.39 is 0 Å². The topological polar surface area (TPSA) is 50.9 Å². The van der Waals surface area contributed by atoms with Crippen LogP contribution in [-0.4, -0.2) is 4.98 Å². The van der Waals surface area contributed by atoms with Crippen LogP contribution in [0.3, 0.4) is 0 Å². The van der Waals surface area contributed by atoms with Gasteiger partial charge >= 0.3 is 0 Å². The fraction of sp³-hybridized carbons (Fsp3) is 0.500. The van der Waals surface area contributed by atoms with Gasteiger partial charge in [-0.05, 0) is 24.5 Å². The zero-order chi connectivity index (χ0) is 10.6. The number of hydrogen-bond acceptors (Lipinski definition) is 3. The van der Waals surface area contributed by atoms with E-state index in [4.69, 9.17) is 17.4 Å². The first-order valence-corrected chi connectivity index (χ1v) is 5.09. The molecule has 1 unspecified atom stereocenters. The molecule has 0 saturated carbocycles. The van der Waals surface area contributed by atoms with Gasteiger partial charge in [0.05, 0.1) is 16.8 Å². The molecule has 1 rings (SSSR count). The van der Waals surface area contributed by atoms with Gasteiger partial charge in [-0.25, -0.2) is 0 Å². The van der Waals surface area contributed by atoms with Gasteiger partial charge in [-0.2, -0.15) is 0 Å². The first-order valence-electron chi connectivity index (χ1n) is 4.71. The third-order valence-electron chi connectivity index (χ3n) is 2.02. The minimum atomic E-state index is 0.104. The van der Waals surface area contributed by atoms with E-state index in [1.807, 2.05) is 12.1 Å². The molecule has 0 aliphatic rings. The van der Waals surface area contributed by atoms with Crippen molar-refractivity contribution in [1.29, 1.82) is 0 Å². The largest absolute Gasteiger partial charge is 0.271 e. The number of hydrazine groups is 1. The fourth-order valence-electron chi connectivity index (χ4n) is 1.34. The fourth-order valence-corrected chi connectivity index (χ4v) is 1.45. The average molecular weight is 214 g/mol. The number of rotatable bonds is 4. The number of nitrogens with one attached hydrogen (secondary N) is 1. The Morgan fingerprint density at radius 2 is 2.21 bits per heavy atom. The number of hydrogen-bond donors (Lipinski definition) is 2. The molecule has 0 amide bonds. The normalized spacial score (nSPS) is 13.2. The predicted octanol–water partition coefficient (Wildman–Crippen LogP) is 2.29. The molecule has 3 N–H and O–H groups in total. The number of nitrogens with zero attached hydrogens (tertiary/aromatic N) is 1. The summed E-state index contributed by atoms with van der Waals surface area (Å²) >= 11 is 5.75. The smallest absolute Gasteiger partial charge is 0.0634 e. The Bertz CT molecular complexity index is 271. The van der Waals surface area contributed by atoms with Crippen molar-refractivity contribution in [3.63, 3.8) is 0 Å². The molecule has 14 heavy (non-hydrogen) atoms. The molecule has 0 aliphatic heterocycles. The van der Waals surface area contributed by atoms with Crippen LogP contribution in [-0.2, 0) is 0 Å². The van der Waals surface area contributed by atoms with Crippen LogP contribution in [0, 0.1) is 5.92 Å². The van der Waals surface area contributed by atoms with Crippen LogP contribution in [0.15, 0.2) is 18.3 Å². The number of halogens is 1. The molecule has 1 atom stereocenters. The third kappa shape index (κ3) is 3.25. The van der Waals surface area contributed by atoms with E-state index in [0.717, 1.165) is 12.1 Å². The van der Waals surface area contributed by atoms with Gasteiger partial charge in [0.15, 0.2) is 0 Å². The van der Waals surface area contributed by atoms with Crippen molar-refractivity contribution in [3.05, 3.63) is 29.0 Å². The van der Waals surface area contributed by atoms with E-state index >= 15 is 0 Å². The molecule has 0 spiro atoms. The van der Waals surface area contributed by atoms with Crippen molar-refractivity contribution >= 4 is 11.6 Å². The van der Waals surface area contributed by atoms with Gasteiger partial charge < -0.3 is 0 Å². The summed E-state index contributed by atoms with van der Waals surface area (Å²) in [5.74, 6) is 6.05. The molecule has 0 aromatic carbocycles. The molecular formula is C10H16ClN3. The van der Waals surface area contributed by atoms with Gasteiger partial charge in [0.25, 0.3) is 0 Å². The van der Waals surface area contributed by atoms with Crippen molar-refractivity contribution in [2.24, 2.45) is 11.8 Å². The molecule has 0 radical (unpaired) electrons. The maximum atomic E-state index is 5.75. The minimum absolute atomic E-state index is 0.104. The van der Waals surface area contributed by atoms with Crippen LogP contribution >= 0.6 is 11.6 Å². The summed E-state index contributed by atoms with van der Waals surface area (Å²) in [6.45, 7) is 4.31. The summed E-state index contributed by atoms with van der Waals surface area (Å²) in [7, 11) is 0. The van der Waals surface area contributed by atoms with E-state index in [1.165, 1.54) is 0 Å². The second kappa shape index (κ2) is 5.29. The molecule has 78 valence electrons. The lowest BCUT2D eigenvalue weighted by Crippen LogP contribution is -2.29. The average Bonchev–Trinajstić information content (AvgIpc) is 2.15. The van der Waals surface area contributed by atoms with E-state index in [-0.39, 0.29) is 6.04 Å². The Labute approximate surface area is 89.6 Å². The maximum absolute atomic E-state index is 5.75. The van der Waals surface area contributed by atoms with Crippen LogP contribution in [0.5, 0.6) is 0 Å². The molecule has 1 heterocycles. The van der Waals surface area contributed by atoms with Crippen molar-refractivity contribution in [2.45, 2.75) is 26.3 Å². The van der Waals surface area contributed by atoms with E-state index in [9.17, 15) is 0 Å². The summed E-state index contributed by atoms with van der Waals surface area (Å²) in [6.07, 6.45) is 2.60. The third-order valence-corrected chi connectivity index (χ3v) is 2.24. The van der Waals surface area contributed by atoms with Crippen molar-refractivity contribution in [3.8, 4) is 0 Å². The lowest BCUT2D eigenvalue weighted by atomic mass is 10.0. The quantitative estimate of drug-likeness (QED) is 0.596. The Morgan fingerprint density at radius 3 is 2.64 bits per heavy atom. The maximum Gasteiger partial charge on any atom is 0.0634 e. The summed E-state index contributed by atoms with van der Waals surface area (Å²) in [4.78, 5) is 4.23. The molecule has 0 fully saturated rings. The molecule has 0 aliphatic carbocycles. The standard InChI is InChI=1S/C10H16ClN3/c1-7(2)5-10(14-12)9-4-3-8(11)6-13-9/h3-4,6-7,10,14H,5,12H2,1-2H3. The zero-order valence-corrected chi connectivity index (χ0v) is 9.25. The van der Waals surface area contributed by atoms with Crippen LogP contribution < -0.4 is 11.3 Å². The van der Waals surface area contributed by atoms with E-state index in [2.05, 4.69) is 24.3 Å². The molecule has 1 aromatic heterocycles. The summed E-state index contributed by atoms with van der Waals surface area (Å²) < 4.78 is 0. The second-order valence-corrected chi connectivity index (χ2v) is 4.19. The highest BCUT2D eigenvalue weighted by Crippen LogP contribution is 2.19. The van der Waals surface area contributed by atoms with Crippen LogP contribution in [0.1, 0.15) is 32.0 Å². The molecule has 1 aromatic rings. The SMILES string of the molecule is CC(C)CC(NN)c1ccc(Cl)cn1. The molecule has 3 nitrogen and oxygen atoms in total. The Balaban J connectivity index is 2.73.